The van der Waals surface area contributed by atoms with Crippen LogP contribution in [0.5, 0.6) is 5.75 Å². The van der Waals surface area contributed by atoms with Crippen LogP contribution in [0.1, 0.15) is 17.2 Å². The minimum absolute atomic E-state index is 0.208. The number of aliphatic hydroxyl groups is 9. The lowest BCUT2D eigenvalue weighted by atomic mass is 9.99. The molecule has 3 saturated heterocycles. The van der Waals surface area contributed by atoms with Crippen LogP contribution < -0.4 is 4.74 Å². The van der Waals surface area contributed by atoms with E-state index in [1.807, 2.05) is 6.07 Å². The van der Waals surface area contributed by atoms with Crippen LogP contribution in [0.2, 0.25) is 0 Å². The lowest BCUT2D eigenvalue weighted by molar-refractivity contribution is -0.325. The van der Waals surface area contributed by atoms with Crippen molar-refractivity contribution in [3.8, 4) is 11.8 Å². The maximum absolute atomic E-state index is 12.5. The second-order valence-corrected chi connectivity index (χ2v) is 12.3. The number of aliphatic hydroxyl groups excluding tert-OH is 9. The molecule has 18 heteroatoms. The molecule has 0 aromatic heterocycles. The summed E-state index contributed by atoms with van der Waals surface area (Å²) in [6.07, 6.45) is -20.1. The van der Waals surface area contributed by atoms with Gasteiger partial charge in [-0.15, -0.1) is 0 Å². The van der Waals surface area contributed by atoms with Gasteiger partial charge in [-0.05, 0) is 29.3 Å². The fourth-order valence-electron chi connectivity index (χ4n) is 5.63. The normalized spacial score (nSPS) is 37.2. The molecular formula is C34H41NO17. The van der Waals surface area contributed by atoms with Crippen molar-refractivity contribution in [3.63, 3.8) is 0 Å². The molecule has 0 bridgehead atoms. The molecule has 5 rings (SSSR count). The molecule has 3 aliphatic rings. The molecule has 0 radical (unpaired) electrons. The van der Waals surface area contributed by atoms with Crippen LogP contribution in [0, 0.1) is 11.3 Å². The maximum atomic E-state index is 12.5. The van der Waals surface area contributed by atoms with Crippen molar-refractivity contribution in [2.75, 3.05) is 19.8 Å². The molecule has 18 nitrogen and oxygen atoms in total. The number of carbonyl (C=O) groups is 1. The van der Waals surface area contributed by atoms with Crippen molar-refractivity contribution < 1.29 is 83.9 Å². The van der Waals surface area contributed by atoms with Gasteiger partial charge in [0, 0.05) is 6.08 Å². The van der Waals surface area contributed by atoms with E-state index in [-0.39, 0.29) is 5.75 Å². The molecule has 3 heterocycles. The van der Waals surface area contributed by atoms with E-state index in [0.29, 0.717) is 11.1 Å². The first-order valence-electron chi connectivity index (χ1n) is 16.3. The minimum Gasteiger partial charge on any atom is -0.462 e. The van der Waals surface area contributed by atoms with E-state index >= 15 is 0 Å². The molecule has 0 amide bonds. The monoisotopic (exact) mass is 735 g/mol. The van der Waals surface area contributed by atoms with Crippen LogP contribution in [-0.4, -0.2) is 158 Å². The summed E-state index contributed by atoms with van der Waals surface area (Å²) in [7, 11) is 0. The highest BCUT2D eigenvalue weighted by atomic mass is 16.7. The number of carbonyl (C=O) groups excluding carboxylic acids is 1. The van der Waals surface area contributed by atoms with Gasteiger partial charge in [-0.1, -0.05) is 42.5 Å². The molecule has 2 aromatic rings. The molecule has 2 aromatic carbocycles. The van der Waals surface area contributed by atoms with E-state index in [1.54, 1.807) is 42.5 Å². The van der Waals surface area contributed by atoms with Crippen molar-refractivity contribution in [3.05, 3.63) is 71.8 Å². The Balaban J connectivity index is 1.09. The van der Waals surface area contributed by atoms with Crippen LogP contribution in [0.4, 0.5) is 0 Å². The number of hydrogen-bond acceptors (Lipinski definition) is 18. The summed E-state index contributed by atoms with van der Waals surface area (Å²) >= 11 is 0. The predicted molar refractivity (Wildman–Crippen MR) is 170 cm³/mol. The van der Waals surface area contributed by atoms with Crippen LogP contribution in [-0.2, 0) is 33.2 Å². The van der Waals surface area contributed by atoms with Crippen LogP contribution in [0.3, 0.4) is 0 Å². The van der Waals surface area contributed by atoms with Crippen molar-refractivity contribution in [2.45, 2.75) is 92.1 Å². The zero-order valence-corrected chi connectivity index (χ0v) is 27.4. The third-order valence-electron chi connectivity index (χ3n) is 8.68. The average molecular weight is 736 g/mol. The molecule has 52 heavy (non-hydrogen) atoms. The number of nitriles is 1. The van der Waals surface area contributed by atoms with E-state index in [4.69, 9.17) is 33.2 Å². The molecule has 284 valence electrons. The largest absolute Gasteiger partial charge is 0.462 e. The Morgan fingerprint density at radius 2 is 1.40 bits per heavy atom. The average Bonchev–Trinajstić information content (AvgIpc) is 3.16. The highest BCUT2D eigenvalue weighted by Gasteiger charge is 2.47. The van der Waals surface area contributed by atoms with Gasteiger partial charge in [0.15, 0.2) is 24.8 Å². The van der Waals surface area contributed by atoms with Crippen molar-refractivity contribution in [1.29, 1.82) is 5.26 Å². The Hall–Kier alpha value is -3.62. The summed E-state index contributed by atoms with van der Waals surface area (Å²) in [5.74, 6) is -0.677. The quantitative estimate of drug-likeness (QED) is 0.0774. The van der Waals surface area contributed by atoms with Gasteiger partial charge >= 0.3 is 5.97 Å². The number of benzene rings is 2. The lowest BCUT2D eigenvalue weighted by Gasteiger charge is -2.42. The van der Waals surface area contributed by atoms with Gasteiger partial charge in [0.2, 0.25) is 6.29 Å². The Morgan fingerprint density at radius 1 is 0.788 bits per heavy atom. The molecule has 0 spiro atoms. The lowest BCUT2D eigenvalue weighted by Crippen LogP contribution is -2.60. The van der Waals surface area contributed by atoms with E-state index in [0.717, 1.165) is 6.08 Å². The molecule has 0 unspecified atom stereocenters. The summed E-state index contributed by atoms with van der Waals surface area (Å²) in [4.78, 5) is 12.5. The highest BCUT2D eigenvalue weighted by Crippen LogP contribution is 2.29. The second-order valence-electron chi connectivity index (χ2n) is 12.3. The number of rotatable bonds is 12. The molecular weight excluding hydrogens is 694 g/mol. The predicted octanol–water partition coefficient (Wildman–Crippen LogP) is -3.03. The first-order valence-corrected chi connectivity index (χ1v) is 16.3. The Morgan fingerprint density at radius 3 is 2.06 bits per heavy atom. The molecule has 3 fully saturated rings. The Bertz CT molecular complexity index is 1510. The highest BCUT2D eigenvalue weighted by molar-refractivity contribution is 5.87. The van der Waals surface area contributed by atoms with Crippen molar-refractivity contribution >= 4 is 12.0 Å². The second kappa shape index (κ2) is 17.9. The van der Waals surface area contributed by atoms with Gasteiger partial charge in [-0.3, -0.25) is 0 Å². The van der Waals surface area contributed by atoms with Crippen molar-refractivity contribution in [2.24, 2.45) is 0 Å². The zero-order valence-electron chi connectivity index (χ0n) is 27.4. The number of esters is 1. The Kier molecular flexibility index (Phi) is 13.7. The number of nitrogens with zero attached hydrogens (tertiary/aromatic N) is 1. The molecule has 0 aliphatic carbocycles. The van der Waals surface area contributed by atoms with Gasteiger partial charge < -0.3 is 79.1 Å². The van der Waals surface area contributed by atoms with Gasteiger partial charge in [-0.25, -0.2) is 4.79 Å². The van der Waals surface area contributed by atoms with Gasteiger partial charge in [-0.2, -0.15) is 5.26 Å². The van der Waals surface area contributed by atoms with E-state index < -0.39 is 118 Å². The number of ether oxygens (including phenoxy) is 7. The first kappa shape index (κ1) is 39.6. The summed E-state index contributed by atoms with van der Waals surface area (Å²) in [6.45, 7) is -1.52. The van der Waals surface area contributed by atoms with Crippen LogP contribution >= 0.6 is 0 Å². The summed E-state index contributed by atoms with van der Waals surface area (Å²) in [5, 5.41) is 101. The maximum Gasteiger partial charge on any atom is 0.331 e. The zero-order chi connectivity index (χ0) is 37.5. The SMILES string of the molecule is N#C[C@H](O[C@@H]1O[C@H](CO[C@@H]2OC[C@@H](OC(=O)C=Cc3ccc(O[C@H]4O[C@@H](CO)[C@@H](O)[C@H](O)[C@H]4O)cc3)[C@H](O)[C@H]2O)[C@@H](O)[C@H](O)[C@H]1O)c1ccccc1. The smallest absolute Gasteiger partial charge is 0.331 e. The summed E-state index contributed by atoms with van der Waals surface area (Å²) in [5.41, 5.74) is 0.970. The van der Waals surface area contributed by atoms with Crippen molar-refractivity contribution in [1.82, 2.24) is 0 Å². The Labute approximate surface area is 296 Å². The molecule has 9 N–H and O–H groups in total. The van der Waals surface area contributed by atoms with E-state index in [1.165, 1.54) is 18.2 Å². The van der Waals surface area contributed by atoms with Gasteiger partial charge in [0.05, 0.1) is 25.9 Å². The summed E-state index contributed by atoms with van der Waals surface area (Å²) < 4.78 is 38.2. The minimum atomic E-state index is -1.75. The van der Waals surface area contributed by atoms with E-state index in [9.17, 15) is 56.0 Å². The van der Waals surface area contributed by atoms with Gasteiger partial charge in [0.1, 0.15) is 66.8 Å². The van der Waals surface area contributed by atoms with Crippen LogP contribution in [0.25, 0.3) is 6.08 Å². The van der Waals surface area contributed by atoms with Gasteiger partial charge in [0.25, 0.3) is 0 Å². The number of hydrogen-bond donors (Lipinski definition) is 9. The third kappa shape index (κ3) is 9.29. The summed E-state index contributed by atoms with van der Waals surface area (Å²) in [6, 6.07) is 16.3. The van der Waals surface area contributed by atoms with Crippen LogP contribution in [0.15, 0.2) is 60.7 Å². The third-order valence-corrected chi connectivity index (χ3v) is 8.68. The first-order chi connectivity index (χ1) is 24.9. The molecule has 0 saturated carbocycles. The fourth-order valence-corrected chi connectivity index (χ4v) is 5.63. The molecule has 3 aliphatic heterocycles. The topological polar surface area (TPSA) is 288 Å². The van der Waals surface area contributed by atoms with E-state index in [2.05, 4.69) is 0 Å². The fraction of sp³-hybridized carbons (Fsp3) is 0.529. The standard InChI is InChI=1S/C34H41NO17/c35-12-19(17-4-2-1-3-5-17)50-34-31(45)28(42)25(39)22(52-34)15-47-32-29(43)26(40)21(14-46-32)49-23(37)11-8-16-6-9-18(10-7-16)48-33-30(44)27(41)24(38)20(13-36)51-33/h1-11,19-22,24-34,36,38-45H,13-15H2/t19-,20-,21+,22+,24+,25+,26-,27-,28-,29+,30+,31+,32-,33-,34+/m0/s1. The molecule has 15 atom stereocenters.